The standard InChI is InChI=1S/C9H10ClN3O2S/c10-1-6-5-16-9(11-6)4-13-2-7(14)12-8(15)3-13/h5H,1-4H2,(H,12,14,15). The van der Waals surface area contributed by atoms with Crippen LogP contribution in [0.15, 0.2) is 5.38 Å². The lowest BCUT2D eigenvalue weighted by atomic mass is 10.3. The molecule has 0 atom stereocenters. The highest BCUT2D eigenvalue weighted by atomic mass is 35.5. The maximum atomic E-state index is 11.1. The average molecular weight is 260 g/mol. The Labute approximate surface area is 101 Å². The van der Waals surface area contributed by atoms with Gasteiger partial charge in [0.2, 0.25) is 11.8 Å². The van der Waals surface area contributed by atoms with E-state index < -0.39 is 0 Å². The van der Waals surface area contributed by atoms with E-state index in [1.807, 2.05) is 5.38 Å². The number of alkyl halides is 1. The van der Waals surface area contributed by atoms with Gasteiger partial charge in [-0.2, -0.15) is 0 Å². The summed E-state index contributed by atoms with van der Waals surface area (Å²) >= 11 is 7.13. The Hall–Kier alpha value is -0.980. The second-order valence-electron chi connectivity index (χ2n) is 3.48. The van der Waals surface area contributed by atoms with Gasteiger partial charge in [-0.1, -0.05) is 0 Å². The van der Waals surface area contributed by atoms with Crippen LogP contribution < -0.4 is 5.32 Å². The summed E-state index contributed by atoms with van der Waals surface area (Å²) in [5.41, 5.74) is 0.828. The molecule has 0 aliphatic carbocycles. The van der Waals surface area contributed by atoms with Crippen molar-refractivity contribution >= 4 is 34.8 Å². The third-order valence-electron chi connectivity index (χ3n) is 2.11. The third kappa shape index (κ3) is 2.78. The molecule has 1 aliphatic rings. The summed E-state index contributed by atoms with van der Waals surface area (Å²) in [5.74, 6) is -0.133. The fraction of sp³-hybridized carbons (Fsp3) is 0.444. The smallest absolute Gasteiger partial charge is 0.240 e. The maximum absolute atomic E-state index is 11.1. The molecule has 7 heteroatoms. The van der Waals surface area contributed by atoms with Gasteiger partial charge >= 0.3 is 0 Å². The van der Waals surface area contributed by atoms with Crippen molar-refractivity contribution in [1.29, 1.82) is 0 Å². The first kappa shape index (κ1) is 11.5. The van der Waals surface area contributed by atoms with Crippen molar-refractivity contribution < 1.29 is 9.59 Å². The van der Waals surface area contributed by atoms with E-state index in [9.17, 15) is 9.59 Å². The van der Waals surface area contributed by atoms with Crippen LogP contribution >= 0.6 is 22.9 Å². The maximum Gasteiger partial charge on any atom is 0.240 e. The van der Waals surface area contributed by atoms with Gasteiger partial charge in [0.1, 0.15) is 5.01 Å². The van der Waals surface area contributed by atoms with Crippen molar-refractivity contribution in [3.63, 3.8) is 0 Å². The van der Waals surface area contributed by atoms with Gasteiger partial charge in [-0.3, -0.25) is 19.8 Å². The average Bonchev–Trinajstić information content (AvgIpc) is 2.64. The molecule has 86 valence electrons. The number of nitrogens with zero attached hydrogens (tertiary/aromatic N) is 2. The summed E-state index contributed by atoms with van der Waals surface area (Å²) in [6, 6.07) is 0. The minimum absolute atomic E-state index is 0.238. The number of thiazole rings is 1. The second kappa shape index (κ2) is 4.90. The van der Waals surface area contributed by atoms with Gasteiger partial charge in [0.05, 0.1) is 31.2 Å². The van der Waals surface area contributed by atoms with Gasteiger partial charge in [0, 0.05) is 5.38 Å². The number of hydrogen-bond donors (Lipinski definition) is 1. The van der Waals surface area contributed by atoms with Crippen molar-refractivity contribution in [3.8, 4) is 0 Å². The van der Waals surface area contributed by atoms with E-state index >= 15 is 0 Å². The molecule has 1 saturated heterocycles. The zero-order chi connectivity index (χ0) is 11.5. The summed E-state index contributed by atoms with van der Waals surface area (Å²) in [7, 11) is 0. The van der Waals surface area contributed by atoms with Gasteiger partial charge in [-0.05, 0) is 0 Å². The predicted octanol–water partition coefficient (Wildman–Crippen LogP) is 0.340. The number of carbonyl (C=O) groups excluding carboxylic acids is 2. The molecular formula is C9H10ClN3O2S. The first-order chi connectivity index (χ1) is 7.67. The van der Waals surface area contributed by atoms with Crippen molar-refractivity contribution in [2.75, 3.05) is 13.1 Å². The lowest BCUT2D eigenvalue weighted by molar-refractivity contribution is -0.136. The number of imide groups is 1. The highest BCUT2D eigenvalue weighted by Gasteiger charge is 2.22. The van der Waals surface area contributed by atoms with Crippen LogP contribution in [0, 0.1) is 0 Å². The number of rotatable bonds is 3. The molecule has 16 heavy (non-hydrogen) atoms. The molecule has 0 bridgehead atoms. The van der Waals surface area contributed by atoms with Gasteiger partial charge in [-0.15, -0.1) is 22.9 Å². The topological polar surface area (TPSA) is 62.3 Å². The highest BCUT2D eigenvalue weighted by Crippen LogP contribution is 2.14. The van der Waals surface area contributed by atoms with Crippen LogP contribution in [0.2, 0.25) is 0 Å². The van der Waals surface area contributed by atoms with Gasteiger partial charge < -0.3 is 0 Å². The van der Waals surface area contributed by atoms with E-state index in [-0.39, 0.29) is 24.9 Å². The van der Waals surface area contributed by atoms with E-state index in [1.165, 1.54) is 11.3 Å². The van der Waals surface area contributed by atoms with Crippen LogP contribution in [0.5, 0.6) is 0 Å². The van der Waals surface area contributed by atoms with Crippen LogP contribution in [0.1, 0.15) is 10.7 Å². The molecule has 0 unspecified atom stereocenters. The SMILES string of the molecule is O=C1CN(Cc2nc(CCl)cs2)CC(=O)N1. The van der Waals surface area contributed by atoms with Crippen LogP contribution in [0.25, 0.3) is 0 Å². The fourth-order valence-electron chi connectivity index (χ4n) is 1.48. The number of amides is 2. The molecule has 1 fully saturated rings. The van der Waals surface area contributed by atoms with Crippen molar-refractivity contribution in [2.24, 2.45) is 0 Å². The summed E-state index contributed by atoms with van der Waals surface area (Å²) in [6.07, 6.45) is 0. The van der Waals surface area contributed by atoms with E-state index in [0.29, 0.717) is 12.4 Å². The molecule has 2 amide bonds. The summed E-state index contributed by atoms with van der Waals surface area (Å²) in [4.78, 5) is 28.3. The van der Waals surface area contributed by atoms with Crippen LogP contribution in [0.4, 0.5) is 0 Å². The van der Waals surface area contributed by atoms with E-state index in [0.717, 1.165) is 10.7 Å². The Kier molecular flexibility index (Phi) is 3.52. The second-order valence-corrected chi connectivity index (χ2v) is 4.69. The normalized spacial score (nSPS) is 17.6. The molecule has 0 radical (unpaired) electrons. The van der Waals surface area contributed by atoms with Crippen molar-refractivity contribution in [1.82, 2.24) is 15.2 Å². The van der Waals surface area contributed by atoms with Crippen LogP contribution in [0.3, 0.4) is 0 Å². The van der Waals surface area contributed by atoms with E-state index in [1.54, 1.807) is 4.90 Å². The fourth-order valence-corrected chi connectivity index (χ4v) is 2.55. The number of hydrogen-bond acceptors (Lipinski definition) is 5. The Morgan fingerprint density at radius 1 is 1.44 bits per heavy atom. The Morgan fingerprint density at radius 2 is 2.12 bits per heavy atom. The molecular weight excluding hydrogens is 250 g/mol. The zero-order valence-electron chi connectivity index (χ0n) is 8.40. The minimum atomic E-state index is -0.259. The lowest BCUT2D eigenvalue weighted by Gasteiger charge is -2.23. The van der Waals surface area contributed by atoms with Crippen molar-refractivity contribution in [2.45, 2.75) is 12.4 Å². The zero-order valence-corrected chi connectivity index (χ0v) is 9.98. The molecule has 5 nitrogen and oxygen atoms in total. The third-order valence-corrected chi connectivity index (χ3v) is 3.26. The summed E-state index contributed by atoms with van der Waals surface area (Å²) in [6.45, 7) is 0.990. The molecule has 1 N–H and O–H groups in total. The largest absolute Gasteiger partial charge is 0.294 e. The number of carbonyl (C=O) groups is 2. The number of piperazine rings is 1. The molecule has 1 aromatic heterocycles. The Balaban J connectivity index is 1.98. The highest BCUT2D eigenvalue weighted by molar-refractivity contribution is 7.09. The molecule has 0 aromatic carbocycles. The Morgan fingerprint density at radius 3 is 2.69 bits per heavy atom. The molecule has 2 heterocycles. The number of nitrogens with one attached hydrogen (secondary N) is 1. The summed E-state index contributed by atoms with van der Waals surface area (Å²) < 4.78 is 0. The van der Waals surface area contributed by atoms with Gasteiger partial charge in [0.15, 0.2) is 0 Å². The van der Waals surface area contributed by atoms with E-state index in [2.05, 4.69) is 10.3 Å². The van der Waals surface area contributed by atoms with Crippen LogP contribution in [-0.4, -0.2) is 34.8 Å². The van der Waals surface area contributed by atoms with Crippen LogP contribution in [-0.2, 0) is 22.0 Å². The number of halogens is 1. The number of aromatic nitrogens is 1. The Bertz CT molecular complexity index is 405. The summed E-state index contributed by atoms with van der Waals surface area (Å²) in [5, 5.41) is 5.01. The predicted molar refractivity (Wildman–Crippen MR) is 60.1 cm³/mol. The van der Waals surface area contributed by atoms with Gasteiger partial charge in [0.25, 0.3) is 0 Å². The molecule has 2 rings (SSSR count). The van der Waals surface area contributed by atoms with Gasteiger partial charge in [-0.25, -0.2) is 4.98 Å². The first-order valence-electron chi connectivity index (χ1n) is 4.71. The lowest BCUT2D eigenvalue weighted by Crippen LogP contribution is -2.50. The van der Waals surface area contributed by atoms with Crippen molar-refractivity contribution in [3.05, 3.63) is 16.1 Å². The quantitative estimate of drug-likeness (QED) is 0.628. The molecule has 1 aliphatic heterocycles. The monoisotopic (exact) mass is 259 g/mol. The molecule has 1 aromatic rings. The minimum Gasteiger partial charge on any atom is -0.294 e. The first-order valence-corrected chi connectivity index (χ1v) is 6.13. The molecule has 0 spiro atoms. The molecule has 0 saturated carbocycles. The van der Waals surface area contributed by atoms with E-state index in [4.69, 9.17) is 11.6 Å².